The summed E-state index contributed by atoms with van der Waals surface area (Å²) in [6.07, 6.45) is 4.11. The molecule has 2 rings (SSSR count). The van der Waals surface area contributed by atoms with Crippen LogP contribution >= 0.6 is 0 Å². The third kappa shape index (κ3) is 3.58. The number of anilines is 1. The van der Waals surface area contributed by atoms with Crippen LogP contribution in [0.5, 0.6) is 0 Å². The van der Waals surface area contributed by atoms with E-state index in [1.54, 1.807) is 6.20 Å². The van der Waals surface area contributed by atoms with Gasteiger partial charge in [0.2, 0.25) is 5.95 Å². The molecule has 1 saturated carbocycles. The van der Waals surface area contributed by atoms with Crippen LogP contribution in [0.4, 0.5) is 5.95 Å². The molecule has 1 aliphatic carbocycles. The first-order chi connectivity index (χ1) is 8.15. The van der Waals surface area contributed by atoms with Crippen molar-refractivity contribution in [3.05, 3.63) is 18.0 Å². The molecule has 0 bridgehead atoms. The Labute approximate surface area is 101 Å². The summed E-state index contributed by atoms with van der Waals surface area (Å²) < 4.78 is 0. The van der Waals surface area contributed by atoms with Crippen molar-refractivity contribution >= 4 is 11.9 Å². The van der Waals surface area contributed by atoms with Crippen molar-refractivity contribution in [3.8, 4) is 0 Å². The molecule has 0 radical (unpaired) electrons. The Morgan fingerprint density at radius 3 is 3.00 bits per heavy atom. The smallest absolute Gasteiger partial charge is 0.225 e. The quantitative estimate of drug-likeness (QED) is 0.571. The lowest BCUT2D eigenvalue weighted by Gasteiger charge is -2.10. The Hall–Kier alpha value is -1.85. The van der Waals surface area contributed by atoms with Gasteiger partial charge in [0.05, 0.1) is 12.2 Å². The minimum Gasteiger partial charge on any atom is -0.370 e. The molecule has 0 atom stereocenters. The van der Waals surface area contributed by atoms with E-state index in [0.717, 1.165) is 5.69 Å². The molecule has 0 aliphatic heterocycles. The van der Waals surface area contributed by atoms with E-state index in [0.29, 0.717) is 24.5 Å². The average molecular weight is 234 g/mol. The van der Waals surface area contributed by atoms with Gasteiger partial charge in [0.15, 0.2) is 5.96 Å². The van der Waals surface area contributed by atoms with E-state index < -0.39 is 0 Å². The summed E-state index contributed by atoms with van der Waals surface area (Å²) in [5.41, 5.74) is 6.61. The molecule has 1 aromatic heterocycles. The Kier molecular flexibility index (Phi) is 3.41. The molecule has 17 heavy (non-hydrogen) atoms. The first-order valence-electron chi connectivity index (χ1n) is 5.71. The second-order valence-corrected chi connectivity index (χ2v) is 4.36. The number of nitrogens with two attached hydrogens (primary N) is 1. The molecular weight excluding hydrogens is 216 g/mol. The highest BCUT2D eigenvalue weighted by atomic mass is 15.2. The van der Waals surface area contributed by atoms with Gasteiger partial charge in [0.1, 0.15) is 0 Å². The van der Waals surface area contributed by atoms with Crippen molar-refractivity contribution in [2.45, 2.75) is 25.4 Å². The third-order valence-corrected chi connectivity index (χ3v) is 2.44. The lowest BCUT2D eigenvalue weighted by atomic mass is 10.4. The van der Waals surface area contributed by atoms with Gasteiger partial charge in [-0.2, -0.15) is 0 Å². The highest BCUT2D eigenvalue weighted by Gasteiger charge is 2.21. The lowest BCUT2D eigenvalue weighted by Crippen LogP contribution is -2.33. The molecule has 1 aliphatic rings. The molecule has 1 fully saturated rings. The van der Waals surface area contributed by atoms with Crippen LogP contribution in [0.15, 0.2) is 17.3 Å². The van der Waals surface area contributed by atoms with Crippen LogP contribution in [-0.2, 0) is 6.54 Å². The summed E-state index contributed by atoms with van der Waals surface area (Å²) in [6.45, 7) is 0.481. The minimum absolute atomic E-state index is 0.481. The van der Waals surface area contributed by atoms with Crippen LogP contribution in [0.1, 0.15) is 18.5 Å². The first kappa shape index (κ1) is 11.6. The standard InChI is InChI=1S/C11H18N6/c1-17(2)11-13-6-5-9(16-11)7-14-10(12)15-8-3-4-8/h5-6,8H,3-4,7H2,1-2H3,(H3,12,14,15). The van der Waals surface area contributed by atoms with Crippen LogP contribution in [0.25, 0.3) is 0 Å². The summed E-state index contributed by atoms with van der Waals surface area (Å²) in [5.74, 6) is 1.18. The Morgan fingerprint density at radius 1 is 1.59 bits per heavy atom. The van der Waals surface area contributed by atoms with E-state index in [4.69, 9.17) is 5.73 Å². The average Bonchev–Trinajstić information content (AvgIpc) is 3.11. The molecule has 0 unspecified atom stereocenters. The van der Waals surface area contributed by atoms with Crippen LogP contribution in [0, 0.1) is 0 Å². The van der Waals surface area contributed by atoms with Crippen LogP contribution in [-0.4, -0.2) is 36.1 Å². The van der Waals surface area contributed by atoms with Crippen LogP contribution in [0.2, 0.25) is 0 Å². The topological polar surface area (TPSA) is 79.4 Å². The van der Waals surface area contributed by atoms with Crippen molar-refractivity contribution in [1.82, 2.24) is 15.3 Å². The fraction of sp³-hybridized carbons (Fsp3) is 0.545. The van der Waals surface area contributed by atoms with E-state index in [9.17, 15) is 0 Å². The van der Waals surface area contributed by atoms with E-state index in [1.165, 1.54) is 12.8 Å². The number of aliphatic imine (C=N–C) groups is 1. The molecule has 0 saturated heterocycles. The predicted octanol–water partition coefficient (Wildman–Crippen LogP) is 0.109. The van der Waals surface area contributed by atoms with Crippen molar-refractivity contribution in [3.63, 3.8) is 0 Å². The maximum Gasteiger partial charge on any atom is 0.225 e. The van der Waals surface area contributed by atoms with Crippen molar-refractivity contribution < 1.29 is 0 Å². The van der Waals surface area contributed by atoms with Crippen LogP contribution < -0.4 is 16.0 Å². The maximum absolute atomic E-state index is 5.75. The zero-order chi connectivity index (χ0) is 12.3. The zero-order valence-electron chi connectivity index (χ0n) is 10.2. The van der Waals surface area contributed by atoms with Gasteiger partial charge in [0, 0.05) is 26.3 Å². The van der Waals surface area contributed by atoms with Gasteiger partial charge in [-0.25, -0.2) is 15.0 Å². The molecule has 1 heterocycles. The zero-order valence-corrected chi connectivity index (χ0v) is 10.2. The summed E-state index contributed by atoms with van der Waals surface area (Å²) in [6, 6.07) is 2.38. The Morgan fingerprint density at radius 2 is 2.35 bits per heavy atom. The normalized spacial score (nSPS) is 15.8. The minimum atomic E-state index is 0.481. The molecule has 6 nitrogen and oxygen atoms in total. The number of nitrogens with one attached hydrogen (secondary N) is 1. The monoisotopic (exact) mass is 234 g/mol. The number of aromatic nitrogens is 2. The third-order valence-electron chi connectivity index (χ3n) is 2.44. The van der Waals surface area contributed by atoms with Crippen molar-refractivity contribution in [1.29, 1.82) is 0 Å². The summed E-state index contributed by atoms with van der Waals surface area (Å²) in [5, 5.41) is 3.14. The van der Waals surface area contributed by atoms with Crippen molar-refractivity contribution in [2.75, 3.05) is 19.0 Å². The van der Waals surface area contributed by atoms with Gasteiger partial charge in [-0.15, -0.1) is 0 Å². The SMILES string of the molecule is CN(C)c1nccc(CN=C(N)NC2CC2)n1. The van der Waals surface area contributed by atoms with Crippen molar-refractivity contribution in [2.24, 2.45) is 10.7 Å². The van der Waals surface area contributed by atoms with E-state index in [-0.39, 0.29) is 0 Å². The molecule has 3 N–H and O–H groups in total. The molecule has 0 spiro atoms. The molecule has 6 heteroatoms. The van der Waals surface area contributed by atoms with Gasteiger partial charge in [0.25, 0.3) is 0 Å². The fourth-order valence-corrected chi connectivity index (χ4v) is 1.34. The number of rotatable bonds is 4. The molecule has 1 aromatic rings. The Balaban J connectivity index is 1.95. The highest BCUT2D eigenvalue weighted by Crippen LogP contribution is 2.18. The number of guanidine groups is 1. The summed E-state index contributed by atoms with van der Waals surface area (Å²) in [4.78, 5) is 14.6. The van der Waals surface area contributed by atoms with E-state index >= 15 is 0 Å². The van der Waals surface area contributed by atoms with Gasteiger partial charge in [-0.05, 0) is 18.9 Å². The number of hydrogen-bond donors (Lipinski definition) is 2. The van der Waals surface area contributed by atoms with Gasteiger partial charge >= 0.3 is 0 Å². The Bertz CT molecular complexity index is 410. The molecule has 0 aromatic carbocycles. The second kappa shape index (κ2) is 4.99. The van der Waals surface area contributed by atoms with Gasteiger partial charge in [-0.1, -0.05) is 0 Å². The van der Waals surface area contributed by atoms with Crippen LogP contribution in [0.3, 0.4) is 0 Å². The largest absolute Gasteiger partial charge is 0.370 e. The van der Waals surface area contributed by atoms with Gasteiger partial charge < -0.3 is 16.0 Å². The number of hydrogen-bond acceptors (Lipinski definition) is 4. The fourth-order valence-electron chi connectivity index (χ4n) is 1.34. The van der Waals surface area contributed by atoms with Gasteiger partial charge in [-0.3, -0.25) is 0 Å². The highest BCUT2D eigenvalue weighted by molar-refractivity contribution is 5.78. The maximum atomic E-state index is 5.75. The number of nitrogens with zero attached hydrogens (tertiary/aromatic N) is 4. The first-order valence-corrected chi connectivity index (χ1v) is 5.71. The summed E-state index contributed by atoms with van der Waals surface area (Å²) in [7, 11) is 3.82. The molecule has 92 valence electrons. The molecule has 0 amide bonds. The van der Waals surface area contributed by atoms with E-state index in [2.05, 4.69) is 20.3 Å². The predicted molar refractivity (Wildman–Crippen MR) is 67.8 cm³/mol. The van der Waals surface area contributed by atoms with E-state index in [1.807, 2.05) is 25.1 Å². The second-order valence-electron chi connectivity index (χ2n) is 4.36. The lowest BCUT2D eigenvalue weighted by molar-refractivity contribution is 0.865. The molecular formula is C11H18N6. The summed E-state index contributed by atoms with van der Waals surface area (Å²) >= 11 is 0.